The fraction of sp³-hybridized carbons (Fsp3) is 0.696. The van der Waals surface area contributed by atoms with Crippen LogP contribution in [-0.2, 0) is 9.53 Å². The van der Waals surface area contributed by atoms with E-state index in [4.69, 9.17) is 4.74 Å². The number of ether oxygens (including phenoxy) is 1. The van der Waals surface area contributed by atoms with Crippen molar-refractivity contribution in [2.75, 3.05) is 51.3 Å². The second kappa shape index (κ2) is 11.4. The van der Waals surface area contributed by atoms with Crippen LogP contribution in [-0.4, -0.2) is 63.3 Å². The number of amides is 1. The molecule has 1 aromatic rings. The Morgan fingerprint density at radius 1 is 1.07 bits per heavy atom. The number of hydrogen-bond acceptors (Lipinski definition) is 4. The van der Waals surface area contributed by atoms with Gasteiger partial charge < -0.3 is 15.0 Å². The Kier molecular flexibility index (Phi) is 8.62. The van der Waals surface area contributed by atoms with Crippen molar-refractivity contribution in [3.05, 3.63) is 30.3 Å². The average molecular weight is 388 g/mol. The van der Waals surface area contributed by atoms with Crippen molar-refractivity contribution in [3.8, 4) is 0 Å². The first-order chi connectivity index (χ1) is 13.7. The second-order valence-electron chi connectivity index (χ2n) is 8.33. The van der Waals surface area contributed by atoms with Gasteiger partial charge in [0.25, 0.3) is 0 Å². The van der Waals surface area contributed by atoms with E-state index in [0.717, 1.165) is 38.3 Å². The van der Waals surface area contributed by atoms with Crippen LogP contribution in [0.2, 0.25) is 0 Å². The van der Waals surface area contributed by atoms with Gasteiger partial charge in [-0.25, -0.2) is 0 Å². The average Bonchev–Trinajstić information content (AvgIpc) is 2.74. The number of para-hydroxylation sites is 1. The molecule has 0 unspecified atom stereocenters. The highest BCUT2D eigenvalue weighted by atomic mass is 16.5. The van der Waals surface area contributed by atoms with Gasteiger partial charge in [0.15, 0.2) is 0 Å². The highest BCUT2D eigenvalue weighted by molar-refractivity contribution is 5.76. The molecule has 0 bridgehead atoms. The zero-order valence-electron chi connectivity index (χ0n) is 17.4. The number of hydrogen-bond donors (Lipinski definition) is 1. The quantitative estimate of drug-likeness (QED) is 0.661. The predicted molar refractivity (Wildman–Crippen MR) is 115 cm³/mol. The molecular formula is C23H37N3O2. The van der Waals surface area contributed by atoms with E-state index in [1.807, 2.05) is 0 Å². The summed E-state index contributed by atoms with van der Waals surface area (Å²) in [5.41, 5.74) is 1.35. The number of nitrogens with zero attached hydrogens (tertiary/aromatic N) is 2. The Hall–Kier alpha value is -1.59. The molecule has 28 heavy (non-hydrogen) atoms. The topological polar surface area (TPSA) is 44.8 Å². The Labute approximate surface area is 170 Å². The maximum absolute atomic E-state index is 12.0. The van der Waals surface area contributed by atoms with Crippen LogP contribution in [0.25, 0.3) is 0 Å². The molecule has 0 aromatic heterocycles. The Morgan fingerprint density at radius 2 is 1.79 bits per heavy atom. The van der Waals surface area contributed by atoms with Crippen molar-refractivity contribution < 1.29 is 9.53 Å². The van der Waals surface area contributed by atoms with E-state index < -0.39 is 0 Å². The van der Waals surface area contributed by atoms with Gasteiger partial charge in [-0.3, -0.25) is 9.69 Å². The number of rotatable bonds is 9. The van der Waals surface area contributed by atoms with Gasteiger partial charge in [0, 0.05) is 58.0 Å². The van der Waals surface area contributed by atoms with Crippen molar-refractivity contribution in [2.24, 2.45) is 5.92 Å². The third kappa shape index (κ3) is 6.78. The molecule has 1 saturated heterocycles. The minimum Gasteiger partial charge on any atom is -0.385 e. The maximum atomic E-state index is 12.0. The van der Waals surface area contributed by atoms with Crippen molar-refractivity contribution in [1.29, 1.82) is 0 Å². The zero-order chi connectivity index (χ0) is 19.6. The fourth-order valence-electron chi connectivity index (χ4n) is 4.51. The molecule has 156 valence electrons. The summed E-state index contributed by atoms with van der Waals surface area (Å²) in [6, 6.07) is 11.1. The van der Waals surface area contributed by atoms with Gasteiger partial charge in [-0.15, -0.1) is 0 Å². The lowest BCUT2D eigenvalue weighted by molar-refractivity contribution is -0.122. The monoisotopic (exact) mass is 387 g/mol. The van der Waals surface area contributed by atoms with E-state index in [0.29, 0.717) is 19.1 Å². The number of carbonyl (C=O) groups excluding carboxylic acids is 1. The molecule has 1 heterocycles. The van der Waals surface area contributed by atoms with Gasteiger partial charge in [-0.1, -0.05) is 18.2 Å². The lowest BCUT2D eigenvalue weighted by Gasteiger charge is -2.37. The summed E-state index contributed by atoms with van der Waals surface area (Å²) in [6.45, 7) is 6.49. The first-order valence-corrected chi connectivity index (χ1v) is 11.0. The van der Waals surface area contributed by atoms with Crippen LogP contribution in [0.3, 0.4) is 0 Å². The molecule has 2 fully saturated rings. The minimum atomic E-state index is 0.191. The smallest absolute Gasteiger partial charge is 0.220 e. The van der Waals surface area contributed by atoms with Gasteiger partial charge in [0.2, 0.25) is 5.91 Å². The van der Waals surface area contributed by atoms with Crippen LogP contribution in [0.5, 0.6) is 0 Å². The summed E-state index contributed by atoms with van der Waals surface area (Å²) in [4.78, 5) is 17.1. The van der Waals surface area contributed by atoms with Crippen LogP contribution >= 0.6 is 0 Å². The van der Waals surface area contributed by atoms with E-state index >= 15 is 0 Å². The standard InChI is InChI=1S/C23H37N3O2/c1-28-19-5-8-23(27)24-21-11-9-20(10-12-21)13-14-25-15-17-26(18-16-25)22-6-3-2-4-7-22/h2-4,6-7,20-21H,5,8-19H2,1H3,(H,24,27)/t20-,21-. The summed E-state index contributed by atoms with van der Waals surface area (Å²) in [5, 5.41) is 3.21. The van der Waals surface area contributed by atoms with E-state index in [1.165, 1.54) is 44.6 Å². The second-order valence-corrected chi connectivity index (χ2v) is 8.33. The lowest BCUT2D eigenvalue weighted by Crippen LogP contribution is -2.47. The Bertz CT molecular complexity index is 564. The fourth-order valence-corrected chi connectivity index (χ4v) is 4.51. The molecule has 0 spiro atoms. The molecule has 1 aromatic carbocycles. The van der Waals surface area contributed by atoms with Crippen molar-refractivity contribution in [1.82, 2.24) is 10.2 Å². The van der Waals surface area contributed by atoms with Crippen LogP contribution < -0.4 is 10.2 Å². The van der Waals surface area contributed by atoms with Gasteiger partial charge >= 0.3 is 0 Å². The van der Waals surface area contributed by atoms with E-state index in [1.54, 1.807) is 7.11 Å². The molecule has 1 aliphatic heterocycles. The summed E-state index contributed by atoms with van der Waals surface area (Å²) in [7, 11) is 1.68. The Balaban J connectivity index is 1.27. The third-order valence-electron chi connectivity index (χ3n) is 6.31. The lowest BCUT2D eigenvalue weighted by atomic mass is 9.84. The first-order valence-electron chi connectivity index (χ1n) is 11.0. The van der Waals surface area contributed by atoms with Crippen LogP contribution in [0.15, 0.2) is 30.3 Å². The molecule has 1 amide bonds. The molecular weight excluding hydrogens is 350 g/mol. The molecule has 5 heteroatoms. The Morgan fingerprint density at radius 3 is 2.46 bits per heavy atom. The van der Waals surface area contributed by atoms with Crippen LogP contribution in [0.4, 0.5) is 5.69 Å². The van der Waals surface area contributed by atoms with Gasteiger partial charge in [0.1, 0.15) is 0 Å². The van der Waals surface area contributed by atoms with E-state index in [2.05, 4.69) is 45.4 Å². The summed E-state index contributed by atoms with van der Waals surface area (Å²) >= 11 is 0. The van der Waals surface area contributed by atoms with Crippen LogP contribution in [0, 0.1) is 5.92 Å². The number of benzene rings is 1. The highest BCUT2D eigenvalue weighted by Gasteiger charge is 2.23. The highest BCUT2D eigenvalue weighted by Crippen LogP contribution is 2.27. The minimum absolute atomic E-state index is 0.191. The van der Waals surface area contributed by atoms with Crippen molar-refractivity contribution in [2.45, 2.75) is 51.0 Å². The summed E-state index contributed by atoms with van der Waals surface area (Å²) < 4.78 is 5.01. The SMILES string of the molecule is COCCCC(=O)N[C@H]1CC[C@H](CCN2CCN(c3ccccc3)CC2)CC1. The summed E-state index contributed by atoms with van der Waals surface area (Å²) in [5.74, 6) is 1.02. The summed E-state index contributed by atoms with van der Waals surface area (Å²) in [6.07, 6.45) is 7.50. The number of methoxy groups -OCH3 is 1. The predicted octanol–water partition coefficient (Wildman–Crippen LogP) is 3.30. The number of piperazine rings is 1. The molecule has 1 N–H and O–H groups in total. The zero-order valence-corrected chi connectivity index (χ0v) is 17.4. The first kappa shape index (κ1) is 21.1. The van der Waals surface area contributed by atoms with Crippen molar-refractivity contribution >= 4 is 11.6 Å². The molecule has 3 rings (SSSR count). The molecule has 5 nitrogen and oxygen atoms in total. The number of anilines is 1. The number of nitrogens with one attached hydrogen (secondary N) is 1. The molecule has 0 atom stereocenters. The maximum Gasteiger partial charge on any atom is 0.220 e. The van der Waals surface area contributed by atoms with E-state index in [9.17, 15) is 4.79 Å². The molecule has 1 aliphatic carbocycles. The normalized spacial score (nSPS) is 23.5. The largest absolute Gasteiger partial charge is 0.385 e. The van der Waals surface area contributed by atoms with Gasteiger partial charge in [-0.05, 0) is 63.1 Å². The van der Waals surface area contributed by atoms with Crippen molar-refractivity contribution in [3.63, 3.8) is 0 Å². The van der Waals surface area contributed by atoms with E-state index in [-0.39, 0.29) is 5.91 Å². The third-order valence-corrected chi connectivity index (χ3v) is 6.31. The van der Waals surface area contributed by atoms with Gasteiger partial charge in [-0.2, -0.15) is 0 Å². The number of carbonyl (C=O) groups is 1. The van der Waals surface area contributed by atoms with Gasteiger partial charge in [0.05, 0.1) is 0 Å². The molecule has 0 radical (unpaired) electrons. The van der Waals surface area contributed by atoms with Crippen LogP contribution in [0.1, 0.15) is 44.9 Å². The molecule has 1 saturated carbocycles. The molecule has 2 aliphatic rings.